The molecule has 3 nitrogen and oxygen atoms in total. The van der Waals surface area contributed by atoms with Gasteiger partial charge in [-0.2, -0.15) is 0 Å². The van der Waals surface area contributed by atoms with E-state index < -0.39 is 0 Å². The van der Waals surface area contributed by atoms with Crippen LogP contribution in [0.5, 0.6) is 0 Å². The van der Waals surface area contributed by atoms with Crippen molar-refractivity contribution in [2.24, 2.45) is 0 Å². The molecule has 3 heteroatoms. The third-order valence-corrected chi connectivity index (χ3v) is 4.33. The molecule has 1 N–H and O–H groups in total. The van der Waals surface area contributed by atoms with E-state index in [9.17, 15) is 4.79 Å². The molecule has 0 aromatic rings. The van der Waals surface area contributed by atoms with Crippen LogP contribution in [-0.2, 0) is 4.79 Å². The zero-order chi connectivity index (χ0) is 12.1. The van der Waals surface area contributed by atoms with E-state index in [1.165, 1.54) is 51.4 Å². The number of hydrogen-bond donors (Lipinski definition) is 1. The van der Waals surface area contributed by atoms with Gasteiger partial charge in [0, 0.05) is 18.6 Å². The lowest BCUT2D eigenvalue weighted by Crippen LogP contribution is -2.46. The predicted octanol–water partition coefficient (Wildman–Crippen LogP) is 2.31. The minimum atomic E-state index is 0.224. The summed E-state index contributed by atoms with van der Waals surface area (Å²) in [4.78, 5) is 14.2. The third-order valence-electron chi connectivity index (χ3n) is 4.33. The summed E-state index contributed by atoms with van der Waals surface area (Å²) < 4.78 is 0. The molecule has 1 heterocycles. The summed E-state index contributed by atoms with van der Waals surface area (Å²) in [6.45, 7) is 4.74. The molecule has 2 aliphatic rings. The van der Waals surface area contributed by atoms with E-state index in [1.807, 2.05) is 0 Å². The molecule has 1 aliphatic carbocycles. The highest BCUT2D eigenvalue weighted by atomic mass is 16.2. The van der Waals surface area contributed by atoms with Crippen LogP contribution < -0.4 is 5.32 Å². The molecule has 2 rings (SSSR count). The van der Waals surface area contributed by atoms with Crippen LogP contribution in [0.2, 0.25) is 0 Å². The summed E-state index contributed by atoms with van der Waals surface area (Å²) in [6, 6.07) is 0. The number of rotatable bonds is 3. The van der Waals surface area contributed by atoms with Gasteiger partial charge in [0.2, 0.25) is 5.91 Å². The molecule has 0 radical (unpaired) electrons. The van der Waals surface area contributed by atoms with Gasteiger partial charge < -0.3 is 10.2 Å². The van der Waals surface area contributed by atoms with Crippen molar-refractivity contribution in [2.75, 3.05) is 19.6 Å². The summed E-state index contributed by atoms with van der Waals surface area (Å²) in [5, 5.41) is 3.48. The summed E-state index contributed by atoms with van der Waals surface area (Å²) in [5.41, 5.74) is 0.224. The van der Waals surface area contributed by atoms with E-state index in [0.717, 1.165) is 13.1 Å². The van der Waals surface area contributed by atoms with Crippen LogP contribution in [0.25, 0.3) is 0 Å². The van der Waals surface area contributed by atoms with Crippen molar-refractivity contribution < 1.29 is 4.79 Å². The van der Waals surface area contributed by atoms with Gasteiger partial charge in [0.1, 0.15) is 0 Å². The number of nitrogens with zero attached hydrogens (tertiary/aromatic N) is 1. The Labute approximate surface area is 105 Å². The minimum Gasteiger partial charge on any atom is -0.342 e. The monoisotopic (exact) mass is 238 g/mol. The Morgan fingerprint density at radius 2 is 1.65 bits per heavy atom. The van der Waals surface area contributed by atoms with Crippen molar-refractivity contribution in [3.05, 3.63) is 0 Å². The quantitative estimate of drug-likeness (QED) is 0.818. The average molecular weight is 238 g/mol. The molecule has 0 unspecified atom stereocenters. The topological polar surface area (TPSA) is 32.3 Å². The first-order chi connectivity index (χ1) is 8.20. The Morgan fingerprint density at radius 1 is 1.06 bits per heavy atom. The van der Waals surface area contributed by atoms with Crippen molar-refractivity contribution in [1.82, 2.24) is 10.2 Å². The first-order valence-electron chi connectivity index (χ1n) is 7.22. The van der Waals surface area contributed by atoms with Gasteiger partial charge in [-0.1, -0.05) is 25.7 Å². The molecule has 0 spiro atoms. The first kappa shape index (κ1) is 12.9. The van der Waals surface area contributed by atoms with Gasteiger partial charge in [-0.05, 0) is 32.6 Å². The van der Waals surface area contributed by atoms with Gasteiger partial charge in [-0.15, -0.1) is 0 Å². The molecule has 1 amide bonds. The smallest absolute Gasteiger partial charge is 0.236 e. The molecule has 2 fully saturated rings. The second-order valence-corrected chi connectivity index (χ2v) is 5.92. The Kier molecular flexibility index (Phi) is 4.43. The SMILES string of the molecule is CC1(NCC(=O)N2CCCCCC2)CCCC1. The van der Waals surface area contributed by atoms with Crippen LogP contribution in [0.1, 0.15) is 58.3 Å². The van der Waals surface area contributed by atoms with Crippen LogP contribution in [0.3, 0.4) is 0 Å². The fraction of sp³-hybridized carbons (Fsp3) is 0.929. The second-order valence-electron chi connectivity index (χ2n) is 5.92. The van der Waals surface area contributed by atoms with E-state index in [1.54, 1.807) is 0 Å². The Morgan fingerprint density at radius 3 is 2.24 bits per heavy atom. The molecule has 1 saturated carbocycles. The second kappa shape index (κ2) is 5.85. The molecule has 1 saturated heterocycles. The number of carbonyl (C=O) groups excluding carboxylic acids is 1. The highest BCUT2D eigenvalue weighted by molar-refractivity contribution is 5.78. The molecule has 0 aromatic heterocycles. The molecule has 0 atom stereocenters. The molecular weight excluding hydrogens is 212 g/mol. The van der Waals surface area contributed by atoms with Crippen molar-refractivity contribution in [1.29, 1.82) is 0 Å². The van der Waals surface area contributed by atoms with E-state index in [2.05, 4.69) is 17.1 Å². The third kappa shape index (κ3) is 3.70. The minimum absolute atomic E-state index is 0.224. The van der Waals surface area contributed by atoms with E-state index in [4.69, 9.17) is 0 Å². The molecule has 0 bridgehead atoms. The Balaban J connectivity index is 1.75. The summed E-state index contributed by atoms with van der Waals surface area (Å²) in [6.07, 6.45) is 10.00. The number of hydrogen-bond acceptors (Lipinski definition) is 2. The van der Waals surface area contributed by atoms with Crippen LogP contribution in [0.4, 0.5) is 0 Å². The zero-order valence-electron chi connectivity index (χ0n) is 11.1. The summed E-state index contributed by atoms with van der Waals surface area (Å²) >= 11 is 0. The van der Waals surface area contributed by atoms with Gasteiger partial charge in [0.05, 0.1) is 6.54 Å². The largest absolute Gasteiger partial charge is 0.342 e. The maximum atomic E-state index is 12.1. The van der Waals surface area contributed by atoms with Gasteiger partial charge >= 0.3 is 0 Å². The van der Waals surface area contributed by atoms with Gasteiger partial charge in [-0.25, -0.2) is 0 Å². The van der Waals surface area contributed by atoms with Crippen molar-refractivity contribution >= 4 is 5.91 Å². The van der Waals surface area contributed by atoms with Crippen LogP contribution in [0.15, 0.2) is 0 Å². The number of likely N-dealkylation sites (tertiary alicyclic amines) is 1. The number of nitrogens with one attached hydrogen (secondary N) is 1. The van der Waals surface area contributed by atoms with Crippen molar-refractivity contribution in [2.45, 2.75) is 63.8 Å². The lowest BCUT2D eigenvalue weighted by Gasteiger charge is -2.27. The van der Waals surface area contributed by atoms with Crippen LogP contribution >= 0.6 is 0 Å². The molecule has 0 aromatic carbocycles. The Hall–Kier alpha value is -0.570. The van der Waals surface area contributed by atoms with Gasteiger partial charge in [-0.3, -0.25) is 4.79 Å². The standard InChI is InChI=1S/C14H26N2O/c1-14(8-4-5-9-14)15-12-13(17)16-10-6-2-3-7-11-16/h15H,2-12H2,1H3. The van der Waals surface area contributed by atoms with E-state index in [-0.39, 0.29) is 5.54 Å². The molecule has 17 heavy (non-hydrogen) atoms. The Bertz CT molecular complexity index is 251. The number of carbonyl (C=O) groups is 1. The summed E-state index contributed by atoms with van der Waals surface area (Å²) in [7, 11) is 0. The molecular formula is C14H26N2O. The fourth-order valence-electron chi connectivity index (χ4n) is 3.05. The lowest BCUT2D eigenvalue weighted by molar-refractivity contribution is -0.130. The predicted molar refractivity (Wildman–Crippen MR) is 69.9 cm³/mol. The molecule has 1 aliphatic heterocycles. The maximum Gasteiger partial charge on any atom is 0.236 e. The van der Waals surface area contributed by atoms with E-state index >= 15 is 0 Å². The number of amides is 1. The van der Waals surface area contributed by atoms with Crippen molar-refractivity contribution in [3.8, 4) is 0 Å². The van der Waals surface area contributed by atoms with Crippen molar-refractivity contribution in [3.63, 3.8) is 0 Å². The van der Waals surface area contributed by atoms with E-state index in [0.29, 0.717) is 12.5 Å². The highest BCUT2D eigenvalue weighted by Gasteiger charge is 2.29. The van der Waals surface area contributed by atoms with Gasteiger partial charge in [0.25, 0.3) is 0 Å². The highest BCUT2D eigenvalue weighted by Crippen LogP contribution is 2.28. The zero-order valence-corrected chi connectivity index (χ0v) is 11.1. The maximum absolute atomic E-state index is 12.1. The average Bonchev–Trinajstić information content (AvgIpc) is 2.60. The van der Waals surface area contributed by atoms with Crippen LogP contribution in [0, 0.1) is 0 Å². The van der Waals surface area contributed by atoms with Gasteiger partial charge in [0.15, 0.2) is 0 Å². The fourth-order valence-corrected chi connectivity index (χ4v) is 3.05. The summed E-state index contributed by atoms with van der Waals surface area (Å²) in [5.74, 6) is 0.306. The van der Waals surface area contributed by atoms with Crippen LogP contribution in [-0.4, -0.2) is 36.0 Å². The molecule has 98 valence electrons. The lowest BCUT2D eigenvalue weighted by atomic mass is 10.0. The normalized spacial score (nSPS) is 24.6. The first-order valence-corrected chi connectivity index (χ1v) is 7.22.